The van der Waals surface area contributed by atoms with Crippen molar-refractivity contribution in [3.8, 4) is 22.6 Å². The number of ether oxygens (including phenoxy) is 1. The van der Waals surface area contributed by atoms with Crippen molar-refractivity contribution in [2.75, 3.05) is 13.2 Å². The van der Waals surface area contributed by atoms with E-state index in [-0.39, 0.29) is 64.3 Å². The molecule has 2 fully saturated rings. The van der Waals surface area contributed by atoms with E-state index in [2.05, 4.69) is 25.3 Å². The highest BCUT2D eigenvalue weighted by atomic mass is 35.5. The molecule has 54 heavy (non-hydrogen) atoms. The van der Waals surface area contributed by atoms with E-state index < -0.39 is 42.9 Å². The standard InChI is InChI=1S/C35H38ClF5N10O3/c1-33(2,3)14-15-43-31(42)49(29(52)21-6-4-20(5-7-21)26-17-45-51(48-26)23-9-10-23)27(18-54-32(53)47-34(12-13-34)35(39,40)41)22-8-11-25(36)24(16-22)28-44-19-46-50(28)30(37)38/h4-8,11,16-17,19,23,27,30H,9-10,12-15,18H2,1-3H3,(H2,42,43)(H,47,53)/t27-/m1/s1. The predicted octanol–water partition coefficient (Wildman–Crippen LogP) is 7.34. The van der Waals surface area contributed by atoms with Gasteiger partial charge in [0, 0.05) is 23.2 Å². The first-order chi connectivity index (χ1) is 25.5. The minimum Gasteiger partial charge on any atom is -0.447 e. The number of nitrogens with two attached hydrogens (primary N) is 1. The van der Waals surface area contributed by atoms with Crippen LogP contribution in [0.2, 0.25) is 5.02 Å². The maximum atomic E-state index is 14.5. The van der Waals surface area contributed by atoms with Gasteiger partial charge in [-0.2, -0.15) is 46.7 Å². The van der Waals surface area contributed by atoms with Crippen molar-refractivity contribution in [2.45, 2.75) is 83.2 Å². The molecule has 6 rings (SSSR count). The van der Waals surface area contributed by atoms with Crippen LogP contribution in [0.5, 0.6) is 0 Å². The molecule has 288 valence electrons. The molecule has 4 aromatic rings. The van der Waals surface area contributed by atoms with Gasteiger partial charge in [-0.1, -0.05) is 50.6 Å². The van der Waals surface area contributed by atoms with E-state index in [0.717, 1.165) is 24.1 Å². The molecule has 2 heterocycles. The summed E-state index contributed by atoms with van der Waals surface area (Å²) in [4.78, 5) is 38.5. The molecule has 0 saturated heterocycles. The van der Waals surface area contributed by atoms with Gasteiger partial charge in [0.15, 0.2) is 11.8 Å². The molecular weight excluding hydrogens is 739 g/mol. The van der Waals surface area contributed by atoms with Crippen molar-refractivity contribution in [1.29, 1.82) is 0 Å². The summed E-state index contributed by atoms with van der Waals surface area (Å²) < 4.78 is 74.5. The lowest BCUT2D eigenvalue weighted by molar-refractivity contribution is -0.164. The van der Waals surface area contributed by atoms with Crippen molar-refractivity contribution in [3.63, 3.8) is 0 Å². The molecule has 2 aromatic heterocycles. The number of carbonyl (C=O) groups is 2. The number of hydrogen-bond donors (Lipinski definition) is 2. The maximum absolute atomic E-state index is 14.5. The van der Waals surface area contributed by atoms with Crippen LogP contribution in [-0.4, -0.2) is 77.5 Å². The molecule has 2 saturated carbocycles. The molecule has 2 amide bonds. The molecule has 2 aliphatic rings. The number of carbonyl (C=O) groups excluding carboxylic acids is 2. The fraction of sp³-hybridized carbons (Fsp3) is 0.457. The van der Waals surface area contributed by atoms with E-state index in [4.69, 9.17) is 22.1 Å². The van der Waals surface area contributed by atoms with Gasteiger partial charge in [-0.15, -0.1) is 0 Å². The Bertz CT molecular complexity index is 2020. The number of rotatable bonds is 12. The highest BCUT2D eigenvalue weighted by molar-refractivity contribution is 6.33. The van der Waals surface area contributed by atoms with Gasteiger partial charge in [0.2, 0.25) is 0 Å². The van der Waals surface area contributed by atoms with Crippen LogP contribution < -0.4 is 11.1 Å². The van der Waals surface area contributed by atoms with Gasteiger partial charge < -0.3 is 15.8 Å². The highest BCUT2D eigenvalue weighted by Gasteiger charge is 2.64. The van der Waals surface area contributed by atoms with E-state index >= 15 is 0 Å². The third-order valence-corrected chi connectivity index (χ3v) is 9.43. The SMILES string of the molecule is CC(C)(C)CCN=C(N)N(C(=O)c1ccc(-c2cnn(C3CC3)n2)cc1)[C@H](COC(=O)NC1(C(F)(F)F)CC1)c1ccc(Cl)c(-c2ncnn2C(F)F)c1. The van der Waals surface area contributed by atoms with E-state index in [9.17, 15) is 31.5 Å². The zero-order chi connectivity index (χ0) is 39.0. The quantitative estimate of drug-likeness (QED) is 0.0860. The smallest absolute Gasteiger partial charge is 0.411 e. The van der Waals surface area contributed by atoms with Gasteiger partial charge in [0.25, 0.3) is 5.91 Å². The Kier molecular flexibility index (Phi) is 10.7. The summed E-state index contributed by atoms with van der Waals surface area (Å²) in [6.07, 6.45) is -1.68. The molecule has 3 N–H and O–H groups in total. The summed E-state index contributed by atoms with van der Waals surface area (Å²) in [6, 6.07) is 9.44. The van der Waals surface area contributed by atoms with Gasteiger partial charge >= 0.3 is 18.8 Å². The number of benzene rings is 2. The Hall–Kier alpha value is -5.13. The molecule has 0 unspecified atom stereocenters. The predicted molar refractivity (Wildman–Crippen MR) is 187 cm³/mol. The van der Waals surface area contributed by atoms with Crippen molar-refractivity contribution >= 4 is 29.6 Å². The number of alkyl carbamates (subject to hydrolysis) is 1. The van der Waals surface area contributed by atoms with Crippen molar-refractivity contribution < 1.29 is 36.3 Å². The number of alkyl halides is 5. The highest BCUT2D eigenvalue weighted by Crippen LogP contribution is 2.49. The Morgan fingerprint density at radius 3 is 2.43 bits per heavy atom. The second kappa shape index (κ2) is 14.9. The monoisotopic (exact) mass is 776 g/mol. The van der Waals surface area contributed by atoms with Crippen molar-refractivity contribution in [3.05, 3.63) is 71.1 Å². The largest absolute Gasteiger partial charge is 0.447 e. The summed E-state index contributed by atoms with van der Waals surface area (Å²) in [5, 5.41) is 14.3. The number of nitrogens with zero attached hydrogens (tertiary/aromatic N) is 8. The molecule has 13 nitrogen and oxygen atoms in total. The van der Waals surface area contributed by atoms with Crippen LogP contribution in [0.4, 0.5) is 26.7 Å². The molecule has 0 spiro atoms. The Morgan fingerprint density at radius 2 is 1.81 bits per heavy atom. The molecule has 0 bridgehead atoms. The molecule has 0 radical (unpaired) electrons. The first kappa shape index (κ1) is 38.6. The fourth-order valence-electron chi connectivity index (χ4n) is 5.62. The van der Waals surface area contributed by atoms with E-state index in [0.29, 0.717) is 22.4 Å². The number of halogens is 6. The van der Waals surface area contributed by atoms with Crippen LogP contribution in [0.1, 0.15) is 87.4 Å². The van der Waals surface area contributed by atoms with Crippen LogP contribution in [-0.2, 0) is 4.74 Å². The van der Waals surface area contributed by atoms with Gasteiger partial charge in [-0.05, 0) is 67.3 Å². The summed E-state index contributed by atoms with van der Waals surface area (Å²) in [7, 11) is 0. The fourth-order valence-corrected chi connectivity index (χ4v) is 5.82. The molecule has 19 heteroatoms. The summed E-state index contributed by atoms with van der Waals surface area (Å²) in [5.41, 5.74) is 5.49. The van der Waals surface area contributed by atoms with Crippen molar-refractivity contribution in [2.24, 2.45) is 16.1 Å². The summed E-state index contributed by atoms with van der Waals surface area (Å²) in [6.45, 7) is 2.33. The maximum Gasteiger partial charge on any atom is 0.411 e. The average molecular weight is 777 g/mol. The Labute approximate surface area is 311 Å². The lowest BCUT2D eigenvalue weighted by Crippen LogP contribution is -2.49. The normalized spacial score (nSPS) is 16.3. The van der Waals surface area contributed by atoms with Gasteiger partial charge in [0.1, 0.15) is 24.2 Å². The van der Waals surface area contributed by atoms with Gasteiger partial charge in [-0.25, -0.2) is 9.78 Å². The lowest BCUT2D eigenvalue weighted by Gasteiger charge is -2.32. The van der Waals surface area contributed by atoms with Crippen LogP contribution in [0, 0.1) is 5.41 Å². The third kappa shape index (κ3) is 8.63. The second-order valence-corrected chi connectivity index (χ2v) is 14.9. The van der Waals surface area contributed by atoms with E-state index in [1.807, 2.05) is 26.1 Å². The molecule has 2 aromatic carbocycles. The summed E-state index contributed by atoms with van der Waals surface area (Å²) >= 11 is 6.45. The van der Waals surface area contributed by atoms with Gasteiger partial charge in [0.05, 0.1) is 23.3 Å². The van der Waals surface area contributed by atoms with Gasteiger partial charge in [-0.3, -0.25) is 14.7 Å². The van der Waals surface area contributed by atoms with Crippen molar-refractivity contribution in [1.82, 2.24) is 40.0 Å². The minimum absolute atomic E-state index is 0.00851. The Balaban J connectivity index is 1.39. The van der Waals surface area contributed by atoms with Crippen LogP contribution in [0.3, 0.4) is 0 Å². The second-order valence-electron chi connectivity index (χ2n) is 14.4. The van der Waals surface area contributed by atoms with Crippen LogP contribution >= 0.6 is 11.6 Å². The molecule has 1 atom stereocenters. The minimum atomic E-state index is -4.72. The number of aromatic nitrogens is 6. The number of hydrogen-bond acceptors (Lipinski definition) is 8. The first-order valence-corrected chi connectivity index (χ1v) is 17.5. The van der Waals surface area contributed by atoms with E-state index in [1.54, 1.807) is 23.1 Å². The average Bonchev–Trinajstić information content (AvgIpc) is 4.00. The topological polar surface area (TPSA) is 158 Å². The lowest BCUT2D eigenvalue weighted by atomic mass is 9.92. The first-order valence-electron chi connectivity index (χ1n) is 17.1. The zero-order valence-electron chi connectivity index (χ0n) is 29.5. The molecule has 0 aliphatic heterocycles. The number of nitrogens with one attached hydrogen (secondary N) is 1. The number of amides is 2. The summed E-state index contributed by atoms with van der Waals surface area (Å²) in [5.74, 6) is -1.32. The number of guanidine groups is 1. The van der Waals surface area contributed by atoms with Crippen LogP contribution in [0.25, 0.3) is 22.6 Å². The molecule has 2 aliphatic carbocycles. The Morgan fingerprint density at radius 1 is 1.11 bits per heavy atom. The molecular formula is C35H38ClF5N10O3. The third-order valence-electron chi connectivity index (χ3n) is 9.10. The van der Waals surface area contributed by atoms with E-state index in [1.165, 1.54) is 30.3 Å². The van der Waals surface area contributed by atoms with Crippen LogP contribution in [0.15, 0.2) is 60.0 Å². The number of aliphatic imine (C=N–C) groups is 1. The zero-order valence-corrected chi connectivity index (χ0v) is 30.3.